The molecule has 0 saturated carbocycles. The maximum Gasteiger partial charge on any atom is 0.330 e. The number of esters is 1. The van der Waals surface area contributed by atoms with Gasteiger partial charge < -0.3 is 19.9 Å². The molecule has 6 nitrogen and oxygen atoms in total. The first-order valence-corrected chi connectivity index (χ1v) is 11.2. The van der Waals surface area contributed by atoms with Crippen molar-refractivity contribution >= 4 is 23.0 Å². The highest BCUT2D eigenvalue weighted by Gasteiger charge is 2.49. The van der Waals surface area contributed by atoms with Crippen molar-refractivity contribution in [3.05, 3.63) is 23.8 Å². The quantitative estimate of drug-likeness (QED) is 0.534. The minimum Gasteiger partial charge on any atom is -0.459 e. The third-order valence-electron chi connectivity index (χ3n) is 5.78. The summed E-state index contributed by atoms with van der Waals surface area (Å²) in [7, 11) is 0. The minimum absolute atomic E-state index is 0.158. The summed E-state index contributed by atoms with van der Waals surface area (Å²) in [4.78, 5) is 24.0. The summed E-state index contributed by atoms with van der Waals surface area (Å²) in [5.41, 5.74) is 0.984. The average molecular weight is 410 g/mol. The fourth-order valence-corrected chi connectivity index (χ4v) is 5.00. The number of carbonyl (C=O) groups is 2. The van der Waals surface area contributed by atoms with Crippen LogP contribution in [-0.4, -0.2) is 46.1 Å². The molecule has 5 atom stereocenters. The van der Waals surface area contributed by atoms with Crippen molar-refractivity contribution in [3.8, 4) is 0 Å². The van der Waals surface area contributed by atoms with Crippen LogP contribution in [0.1, 0.15) is 58.8 Å². The van der Waals surface area contributed by atoms with Gasteiger partial charge in [-0.15, -0.1) is 0 Å². The minimum atomic E-state index is -1.51. The number of fused-ring (bicyclic) bond motifs is 2. The molecule has 0 unspecified atom stereocenters. The summed E-state index contributed by atoms with van der Waals surface area (Å²) in [6.45, 7) is 4.11. The summed E-state index contributed by atoms with van der Waals surface area (Å²) in [6.07, 6.45) is 10.6. The van der Waals surface area contributed by atoms with Crippen LogP contribution < -0.4 is 5.32 Å². The zero-order chi connectivity index (χ0) is 20.1. The first-order valence-electron chi connectivity index (χ1n) is 10.3. The van der Waals surface area contributed by atoms with E-state index >= 15 is 0 Å². The molecule has 0 aromatic heterocycles. The van der Waals surface area contributed by atoms with Crippen LogP contribution in [0.25, 0.3) is 0 Å². The zero-order valence-corrected chi connectivity index (χ0v) is 17.5. The number of amides is 1. The van der Waals surface area contributed by atoms with Gasteiger partial charge in [-0.3, -0.25) is 4.79 Å². The standard InChI is InChI=1S/C21H31NO5S/c1-3-15-7-5-4-6-14(2)10-19(23)26-17-11-16(9-8-15)27-21(25,12-17)18-13-28-20(24)22-18/h5,7,10,15-18,25H,3-4,6,8-9,11-13H2,1-2H3,(H,22,24)/b7-5-,14-10-/t15-,16-,17-,18+,21-/m1/s1. The molecule has 3 aliphatic rings. The molecule has 28 heavy (non-hydrogen) atoms. The lowest BCUT2D eigenvalue weighted by molar-refractivity contribution is -0.283. The highest BCUT2D eigenvalue weighted by atomic mass is 32.2. The van der Waals surface area contributed by atoms with Crippen molar-refractivity contribution in [1.29, 1.82) is 0 Å². The van der Waals surface area contributed by atoms with Crippen molar-refractivity contribution in [3.63, 3.8) is 0 Å². The molecule has 7 heteroatoms. The summed E-state index contributed by atoms with van der Waals surface area (Å²) in [6, 6.07) is -0.493. The van der Waals surface area contributed by atoms with Crippen molar-refractivity contribution in [1.82, 2.24) is 5.32 Å². The number of hydrogen-bond acceptors (Lipinski definition) is 6. The molecule has 3 heterocycles. The van der Waals surface area contributed by atoms with Crippen molar-refractivity contribution in [2.24, 2.45) is 5.92 Å². The maximum absolute atomic E-state index is 12.3. The van der Waals surface area contributed by atoms with E-state index in [1.165, 1.54) is 0 Å². The van der Waals surface area contributed by atoms with Crippen LogP contribution >= 0.6 is 11.8 Å². The van der Waals surface area contributed by atoms with E-state index in [1.54, 1.807) is 6.08 Å². The predicted octanol–water partition coefficient (Wildman–Crippen LogP) is 3.69. The van der Waals surface area contributed by atoms with Gasteiger partial charge >= 0.3 is 5.97 Å². The second kappa shape index (κ2) is 9.46. The van der Waals surface area contributed by atoms with Crippen LogP contribution in [0.4, 0.5) is 4.79 Å². The van der Waals surface area contributed by atoms with E-state index in [2.05, 4.69) is 24.4 Å². The first kappa shape index (κ1) is 21.4. The smallest absolute Gasteiger partial charge is 0.330 e. The molecular weight excluding hydrogens is 378 g/mol. The lowest BCUT2D eigenvalue weighted by atomic mass is 9.89. The normalized spacial score (nSPS) is 40.6. The van der Waals surface area contributed by atoms with Gasteiger partial charge in [0.15, 0.2) is 5.79 Å². The second-order valence-electron chi connectivity index (χ2n) is 8.08. The lowest BCUT2D eigenvalue weighted by Gasteiger charge is -2.43. The molecule has 0 spiro atoms. The first-order chi connectivity index (χ1) is 13.4. The second-order valence-corrected chi connectivity index (χ2v) is 9.07. The SMILES string of the molecule is CC[C@@H]1/C=C\CC/C(C)=C\C(=O)O[C@@H]2C[C@@H](CC1)O[C@@](O)([C@@H]1CSC(=O)N1)C2. The van der Waals surface area contributed by atoms with Gasteiger partial charge in [0.2, 0.25) is 0 Å². The topological polar surface area (TPSA) is 84.9 Å². The number of carbonyl (C=O) groups excluding carboxylic acids is 2. The Labute approximate surface area is 171 Å². The van der Waals surface area contributed by atoms with Crippen LogP contribution in [0.15, 0.2) is 23.8 Å². The van der Waals surface area contributed by atoms with Gasteiger partial charge in [0, 0.05) is 24.7 Å². The van der Waals surface area contributed by atoms with Crippen molar-refractivity contribution in [2.75, 3.05) is 5.75 Å². The summed E-state index contributed by atoms with van der Waals surface area (Å²) in [5, 5.41) is 13.8. The number of allylic oxidation sites excluding steroid dienone is 3. The van der Waals surface area contributed by atoms with Crippen LogP contribution in [-0.2, 0) is 14.3 Å². The third-order valence-corrected chi connectivity index (χ3v) is 6.66. The van der Waals surface area contributed by atoms with Gasteiger partial charge in [-0.2, -0.15) is 0 Å². The van der Waals surface area contributed by atoms with Crippen LogP contribution in [0, 0.1) is 5.92 Å². The molecule has 2 fully saturated rings. The maximum atomic E-state index is 12.3. The Balaban J connectivity index is 1.79. The summed E-state index contributed by atoms with van der Waals surface area (Å²) in [5.74, 6) is -0.973. The number of ether oxygens (including phenoxy) is 2. The van der Waals surface area contributed by atoms with E-state index in [0.717, 1.165) is 49.4 Å². The Bertz CT molecular complexity index is 649. The number of rotatable bonds is 2. The molecule has 2 N–H and O–H groups in total. The fraction of sp³-hybridized carbons (Fsp3) is 0.714. The van der Waals surface area contributed by atoms with Crippen molar-refractivity contribution < 1.29 is 24.2 Å². The summed E-state index contributed by atoms with van der Waals surface area (Å²) >= 11 is 1.14. The largest absolute Gasteiger partial charge is 0.459 e. The Morgan fingerprint density at radius 1 is 1.32 bits per heavy atom. The highest BCUT2D eigenvalue weighted by molar-refractivity contribution is 8.14. The van der Waals surface area contributed by atoms with Gasteiger partial charge in [-0.1, -0.05) is 36.4 Å². The molecule has 0 aromatic carbocycles. The average Bonchev–Trinajstić information content (AvgIpc) is 3.07. The Hall–Kier alpha value is -1.31. The Kier molecular flexibility index (Phi) is 7.23. The monoisotopic (exact) mass is 409 g/mol. The molecule has 3 aliphatic heterocycles. The van der Waals surface area contributed by atoms with E-state index < -0.39 is 17.9 Å². The molecule has 156 valence electrons. The molecule has 2 saturated heterocycles. The lowest BCUT2D eigenvalue weighted by Crippen LogP contribution is -2.58. The number of hydrogen-bond donors (Lipinski definition) is 2. The van der Waals surface area contributed by atoms with Crippen LogP contribution in [0.2, 0.25) is 0 Å². The van der Waals surface area contributed by atoms with Crippen LogP contribution in [0.5, 0.6) is 0 Å². The fourth-order valence-electron chi connectivity index (χ4n) is 4.11. The molecule has 3 rings (SSSR count). The molecule has 0 aliphatic carbocycles. The molecule has 0 radical (unpaired) electrons. The highest BCUT2D eigenvalue weighted by Crippen LogP contribution is 2.37. The molecule has 2 bridgehead atoms. The van der Waals surface area contributed by atoms with E-state index in [4.69, 9.17) is 9.47 Å². The number of thioether (sulfide) groups is 1. The van der Waals surface area contributed by atoms with E-state index in [1.807, 2.05) is 6.92 Å². The summed E-state index contributed by atoms with van der Waals surface area (Å²) < 4.78 is 11.8. The van der Waals surface area contributed by atoms with Gasteiger partial charge in [-0.05, 0) is 44.9 Å². The van der Waals surface area contributed by atoms with E-state index in [-0.39, 0.29) is 23.7 Å². The Morgan fingerprint density at radius 3 is 2.86 bits per heavy atom. The van der Waals surface area contributed by atoms with Crippen molar-refractivity contribution in [2.45, 2.75) is 82.8 Å². The number of aliphatic hydroxyl groups is 1. The number of nitrogens with one attached hydrogen (secondary N) is 1. The molecule has 0 aromatic rings. The molecule has 1 amide bonds. The van der Waals surface area contributed by atoms with E-state index in [0.29, 0.717) is 18.1 Å². The van der Waals surface area contributed by atoms with Gasteiger partial charge in [0.1, 0.15) is 6.10 Å². The van der Waals surface area contributed by atoms with Gasteiger partial charge in [0.05, 0.1) is 12.1 Å². The molecular formula is C21H31NO5S. The predicted molar refractivity (Wildman–Crippen MR) is 109 cm³/mol. The van der Waals surface area contributed by atoms with Gasteiger partial charge in [-0.25, -0.2) is 4.79 Å². The third kappa shape index (κ3) is 5.61. The van der Waals surface area contributed by atoms with Crippen LogP contribution in [0.3, 0.4) is 0 Å². The zero-order valence-electron chi connectivity index (χ0n) is 16.7. The van der Waals surface area contributed by atoms with E-state index in [9.17, 15) is 14.7 Å². The van der Waals surface area contributed by atoms with Gasteiger partial charge in [0.25, 0.3) is 5.24 Å². The Morgan fingerprint density at radius 2 is 2.14 bits per heavy atom.